The minimum atomic E-state index is 0.0117. The molecule has 5 heteroatoms. The lowest BCUT2D eigenvalue weighted by Crippen LogP contribution is -2.19. The highest BCUT2D eigenvalue weighted by molar-refractivity contribution is 9.09. The normalized spacial score (nSPS) is 15.0. The number of halogens is 1. The molecule has 0 atom stereocenters. The Balaban J connectivity index is 1.95. The van der Waals surface area contributed by atoms with E-state index in [1.54, 1.807) is 6.20 Å². The van der Waals surface area contributed by atoms with Gasteiger partial charge in [0.2, 0.25) is 5.91 Å². The van der Waals surface area contributed by atoms with E-state index >= 15 is 0 Å². The molecule has 4 nitrogen and oxygen atoms in total. The first kappa shape index (κ1) is 12.4. The van der Waals surface area contributed by atoms with E-state index in [-0.39, 0.29) is 5.91 Å². The maximum absolute atomic E-state index is 11.4. The van der Waals surface area contributed by atoms with Gasteiger partial charge in [-0.1, -0.05) is 15.9 Å². The number of hydrogen-bond donors (Lipinski definition) is 1. The highest BCUT2D eigenvalue weighted by atomic mass is 79.9. The Hall–Kier alpha value is -1.10. The quantitative estimate of drug-likeness (QED) is 0.868. The van der Waals surface area contributed by atoms with E-state index in [0.29, 0.717) is 11.8 Å². The van der Waals surface area contributed by atoms with E-state index in [2.05, 4.69) is 31.1 Å². The summed E-state index contributed by atoms with van der Waals surface area (Å²) in [4.78, 5) is 18.0. The van der Waals surface area contributed by atoms with Crippen LogP contribution in [0.2, 0.25) is 0 Å². The minimum Gasteiger partial charge on any atom is -0.357 e. The zero-order valence-corrected chi connectivity index (χ0v) is 11.2. The van der Waals surface area contributed by atoms with Crippen LogP contribution in [0.3, 0.4) is 0 Å². The number of pyridine rings is 1. The van der Waals surface area contributed by atoms with Gasteiger partial charge in [-0.15, -0.1) is 0 Å². The summed E-state index contributed by atoms with van der Waals surface area (Å²) >= 11 is 3.24. The molecular weight excluding hydrogens is 282 g/mol. The number of nitrogens with one attached hydrogen (secondary N) is 1. The zero-order valence-electron chi connectivity index (χ0n) is 9.66. The van der Waals surface area contributed by atoms with Crippen LogP contribution in [0.5, 0.6) is 0 Å². The molecular formula is C12H16BrN3O. The van der Waals surface area contributed by atoms with E-state index in [0.717, 1.165) is 24.6 Å². The van der Waals surface area contributed by atoms with E-state index in [1.807, 2.05) is 12.1 Å². The predicted octanol–water partition coefficient (Wildman–Crippen LogP) is 2.41. The molecule has 0 radical (unpaired) electrons. The second kappa shape index (κ2) is 6.00. The van der Waals surface area contributed by atoms with Gasteiger partial charge < -0.3 is 10.2 Å². The van der Waals surface area contributed by atoms with Crippen molar-refractivity contribution in [2.45, 2.75) is 19.3 Å². The number of amides is 1. The van der Waals surface area contributed by atoms with Crippen LogP contribution in [0, 0.1) is 0 Å². The number of carbonyl (C=O) groups excluding carboxylic acids is 1. The van der Waals surface area contributed by atoms with Crippen LogP contribution >= 0.6 is 15.9 Å². The minimum absolute atomic E-state index is 0.0117. The van der Waals surface area contributed by atoms with Gasteiger partial charge in [0.05, 0.1) is 11.9 Å². The molecule has 0 aromatic carbocycles. The summed E-state index contributed by atoms with van der Waals surface area (Å²) in [7, 11) is 0. The average molecular weight is 298 g/mol. The summed E-state index contributed by atoms with van der Waals surface area (Å²) in [5.41, 5.74) is 0.763. The summed E-state index contributed by atoms with van der Waals surface area (Å²) in [5.74, 6) is 1.01. The number of rotatable bonds is 4. The Kier molecular flexibility index (Phi) is 4.36. The summed E-state index contributed by atoms with van der Waals surface area (Å²) in [5, 5.41) is 3.49. The third-order valence-electron chi connectivity index (χ3n) is 2.78. The SMILES string of the molecule is O=C(CCBr)Nc1ccc(N2CCCC2)nc1. The predicted molar refractivity (Wildman–Crippen MR) is 72.7 cm³/mol. The first-order chi connectivity index (χ1) is 8.29. The number of nitrogens with zero attached hydrogens (tertiary/aromatic N) is 2. The van der Waals surface area contributed by atoms with Crippen LogP contribution in [-0.4, -0.2) is 29.3 Å². The Morgan fingerprint density at radius 3 is 2.76 bits per heavy atom. The van der Waals surface area contributed by atoms with Gasteiger partial charge >= 0.3 is 0 Å². The van der Waals surface area contributed by atoms with Gasteiger partial charge in [0.15, 0.2) is 0 Å². The van der Waals surface area contributed by atoms with Gasteiger partial charge in [0, 0.05) is 24.8 Å². The maximum Gasteiger partial charge on any atom is 0.225 e. The monoisotopic (exact) mass is 297 g/mol. The van der Waals surface area contributed by atoms with Crippen LogP contribution in [0.1, 0.15) is 19.3 Å². The molecule has 1 amide bonds. The third kappa shape index (κ3) is 3.43. The zero-order chi connectivity index (χ0) is 12.1. The average Bonchev–Trinajstić information content (AvgIpc) is 2.84. The molecule has 1 aromatic heterocycles. The van der Waals surface area contributed by atoms with Crippen molar-refractivity contribution in [3.63, 3.8) is 0 Å². The van der Waals surface area contributed by atoms with Crippen molar-refractivity contribution in [2.75, 3.05) is 28.6 Å². The molecule has 92 valence electrons. The summed E-state index contributed by atoms with van der Waals surface area (Å²) < 4.78 is 0. The van der Waals surface area contributed by atoms with Crippen molar-refractivity contribution >= 4 is 33.3 Å². The molecule has 0 aliphatic carbocycles. The molecule has 1 aliphatic heterocycles. The molecule has 1 fully saturated rings. The molecule has 17 heavy (non-hydrogen) atoms. The van der Waals surface area contributed by atoms with Crippen LogP contribution in [0.4, 0.5) is 11.5 Å². The molecule has 1 N–H and O–H groups in total. The maximum atomic E-state index is 11.4. The fourth-order valence-electron chi connectivity index (χ4n) is 1.90. The van der Waals surface area contributed by atoms with Crippen molar-refractivity contribution in [1.82, 2.24) is 4.98 Å². The number of anilines is 2. The lowest BCUT2D eigenvalue weighted by molar-refractivity contribution is -0.115. The van der Waals surface area contributed by atoms with Gasteiger partial charge in [-0.2, -0.15) is 0 Å². The van der Waals surface area contributed by atoms with Crippen molar-refractivity contribution in [1.29, 1.82) is 0 Å². The lowest BCUT2D eigenvalue weighted by Gasteiger charge is -2.16. The van der Waals surface area contributed by atoms with Crippen molar-refractivity contribution in [2.24, 2.45) is 0 Å². The second-order valence-electron chi connectivity index (χ2n) is 4.09. The Morgan fingerprint density at radius 2 is 2.18 bits per heavy atom. The molecule has 0 saturated carbocycles. The summed E-state index contributed by atoms with van der Waals surface area (Å²) in [6.07, 6.45) is 4.69. The Morgan fingerprint density at radius 1 is 1.41 bits per heavy atom. The lowest BCUT2D eigenvalue weighted by atomic mass is 10.3. The Labute approximate surface area is 110 Å². The number of carbonyl (C=O) groups is 1. The third-order valence-corrected chi connectivity index (χ3v) is 3.18. The van der Waals surface area contributed by atoms with Crippen LogP contribution < -0.4 is 10.2 Å². The molecule has 1 saturated heterocycles. The second-order valence-corrected chi connectivity index (χ2v) is 4.88. The van der Waals surface area contributed by atoms with Crippen LogP contribution in [0.15, 0.2) is 18.3 Å². The van der Waals surface area contributed by atoms with Gasteiger partial charge in [0.25, 0.3) is 0 Å². The van der Waals surface area contributed by atoms with E-state index in [1.165, 1.54) is 12.8 Å². The number of alkyl halides is 1. The number of aromatic nitrogens is 1. The standard InChI is InChI=1S/C12H16BrN3O/c13-6-5-12(17)15-10-3-4-11(14-9-10)16-7-1-2-8-16/h3-4,9H,1-2,5-8H2,(H,15,17). The van der Waals surface area contributed by atoms with Crippen LogP contribution in [-0.2, 0) is 4.79 Å². The molecule has 0 spiro atoms. The topological polar surface area (TPSA) is 45.2 Å². The molecule has 0 bridgehead atoms. The van der Waals surface area contributed by atoms with Gasteiger partial charge in [0.1, 0.15) is 5.82 Å². The fraction of sp³-hybridized carbons (Fsp3) is 0.500. The van der Waals surface area contributed by atoms with E-state index in [4.69, 9.17) is 0 Å². The molecule has 1 aromatic rings. The van der Waals surface area contributed by atoms with Gasteiger partial charge in [-0.3, -0.25) is 4.79 Å². The first-order valence-corrected chi connectivity index (χ1v) is 6.98. The van der Waals surface area contributed by atoms with E-state index < -0.39 is 0 Å². The Bertz CT molecular complexity index is 374. The van der Waals surface area contributed by atoms with Crippen molar-refractivity contribution < 1.29 is 4.79 Å². The molecule has 2 heterocycles. The van der Waals surface area contributed by atoms with Crippen LogP contribution in [0.25, 0.3) is 0 Å². The van der Waals surface area contributed by atoms with Gasteiger partial charge in [-0.05, 0) is 25.0 Å². The van der Waals surface area contributed by atoms with E-state index in [9.17, 15) is 4.79 Å². The first-order valence-electron chi connectivity index (χ1n) is 5.86. The summed E-state index contributed by atoms with van der Waals surface area (Å²) in [6, 6.07) is 3.88. The fourth-order valence-corrected chi connectivity index (χ4v) is 2.26. The molecule has 0 unspecified atom stereocenters. The van der Waals surface area contributed by atoms with Crippen molar-refractivity contribution in [3.8, 4) is 0 Å². The highest BCUT2D eigenvalue weighted by Gasteiger charge is 2.13. The molecule has 2 rings (SSSR count). The van der Waals surface area contributed by atoms with Crippen molar-refractivity contribution in [3.05, 3.63) is 18.3 Å². The largest absolute Gasteiger partial charge is 0.357 e. The smallest absolute Gasteiger partial charge is 0.225 e. The summed E-state index contributed by atoms with van der Waals surface area (Å²) in [6.45, 7) is 2.17. The highest BCUT2D eigenvalue weighted by Crippen LogP contribution is 2.19. The molecule has 1 aliphatic rings. The number of hydrogen-bond acceptors (Lipinski definition) is 3. The van der Waals surface area contributed by atoms with Gasteiger partial charge in [-0.25, -0.2) is 4.98 Å².